The summed E-state index contributed by atoms with van der Waals surface area (Å²) in [6, 6.07) is 0.676. The molecule has 1 heterocycles. The third-order valence-corrected chi connectivity index (χ3v) is 3.44. The third-order valence-electron chi connectivity index (χ3n) is 3.44. The van der Waals surface area contributed by atoms with Gasteiger partial charge >= 0.3 is 0 Å². The average molecular weight is 208 g/mol. The van der Waals surface area contributed by atoms with E-state index in [-0.39, 0.29) is 0 Å². The average Bonchev–Trinajstić information content (AvgIpc) is 2.49. The molecule has 0 saturated heterocycles. The Morgan fingerprint density at radius 2 is 2.40 bits per heavy atom. The lowest BCUT2D eigenvalue weighted by Gasteiger charge is -2.42. The maximum absolute atomic E-state index is 5.72. The van der Waals surface area contributed by atoms with Crippen molar-refractivity contribution in [3.8, 4) is 0 Å². The van der Waals surface area contributed by atoms with E-state index < -0.39 is 0 Å². The van der Waals surface area contributed by atoms with Gasteiger partial charge in [-0.15, -0.1) is 0 Å². The molecule has 1 fully saturated rings. The minimum atomic E-state index is 0.676. The summed E-state index contributed by atoms with van der Waals surface area (Å²) in [7, 11) is 4.13. The second-order valence-corrected chi connectivity index (χ2v) is 4.58. The molecule has 0 spiro atoms. The summed E-state index contributed by atoms with van der Waals surface area (Å²) in [6.45, 7) is 1.80. The lowest BCUT2D eigenvalue weighted by Crippen LogP contribution is -2.47. The summed E-state index contributed by atoms with van der Waals surface area (Å²) in [5.41, 5.74) is 7.00. The van der Waals surface area contributed by atoms with Gasteiger partial charge < -0.3 is 5.73 Å². The van der Waals surface area contributed by atoms with Gasteiger partial charge in [0.15, 0.2) is 0 Å². The van der Waals surface area contributed by atoms with Gasteiger partial charge in [-0.1, -0.05) is 0 Å². The van der Waals surface area contributed by atoms with Gasteiger partial charge in [0.05, 0.1) is 6.20 Å². The molecule has 1 aromatic heterocycles. The van der Waals surface area contributed by atoms with Crippen molar-refractivity contribution < 1.29 is 0 Å². The van der Waals surface area contributed by atoms with Crippen molar-refractivity contribution in [1.29, 1.82) is 0 Å². The van der Waals surface area contributed by atoms with Crippen molar-refractivity contribution in [2.45, 2.75) is 25.4 Å². The van der Waals surface area contributed by atoms with Crippen molar-refractivity contribution >= 4 is 0 Å². The number of nitrogens with two attached hydrogens (primary N) is 1. The van der Waals surface area contributed by atoms with Crippen LogP contribution in [0.15, 0.2) is 12.4 Å². The molecule has 0 aliphatic heterocycles. The molecule has 0 bridgehead atoms. The van der Waals surface area contributed by atoms with E-state index in [1.165, 1.54) is 18.4 Å². The van der Waals surface area contributed by atoms with E-state index in [2.05, 4.69) is 23.2 Å². The number of nitrogens with zero attached hydrogens (tertiary/aromatic N) is 3. The first-order chi connectivity index (χ1) is 7.20. The van der Waals surface area contributed by atoms with Gasteiger partial charge in [-0.3, -0.25) is 9.58 Å². The SMILES string of the molecule is CN(Cc1cnn(C)c1)C1CCC1CN. The lowest BCUT2D eigenvalue weighted by molar-refractivity contribution is 0.0837. The van der Waals surface area contributed by atoms with Crippen LogP contribution in [0.25, 0.3) is 0 Å². The van der Waals surface area contributed by atoms with E-state index in [9.17, 15) is 0 Å². The van der Waals surface area contributed by atoms with Gasteiger partial charge in [-0.25, -0.2) is 0 Å². The molecule has 2 N–H and O–H groups in total. The van der Waals surface area contributed by atoms with Crippen LogP contribution < -0.4 is 5.73 Å². The van der Waals surface area contributed by atoms with Crippen LogP contribution in [0.5, 0.6) is 0 Å². The van der Waals surface area contributed by atoms with Crippen LogP contribution in [0.3, 0.4) is 0 Å². The summed E-state index contributed by atoms with van der Waals surface area (Å²) in [4.78, 5) is 2.40. The molecule has 2 unspecified atom stereocenters. The Kier molecular flexibility index (Phi) is 3.07. The van der Waals surface area contributed by atoms with Crippen LogP contribution in [0.2, 0.25) is 0 Å². The Labute approximate surface area is 91.1 Å². The van der Waals surface area contributed by atoms with Crippen molar-refractivity contribution in [3.63, 3.8) is 0 Å². The first-order valence-electron chi connectivity index (χ1n) is 5.58. The predicted molar refractivity (Wildman–Crippen MR) is 60.2 cm³/mol. The van der Waals surface area contributed by atoms with Gasteiger partial charge in [0.25, 0.3) is 0 Å². The molecule has 15 heavy (non-hydrogen) atoms. The third kappa shape index (κ3) is 2.21. The van der Waals surface area contributed by atoms with Crippen LogP contribution in [-0.4, -0.2) is 34.3 Å². The fourth-order valence-corrected chi connectivity index (χ4v) is 2.37. The van der Waals surface area contributed by atoms with E-state index in [0.29, 0.717) is 12.0 Å². The van der Waals surface area contributed by atoms with Crippen LogP contribution >= 0.6 is 0 Å². The molecule has 4 heteroatoms. The zero-order valence-electron chi connectivity index (χ0n) is 9.56. The van der Waals surface area contributed by atoms with E-state index in [1.54, 1.807) is 0 Å². The highest BCUT2D eigenvalue weighted by molar-refractivity contribution is 5.04. The van der Waals surface area contributed by atoms with Crippen LogP contribution in [-0.2, 0) is 13.6 Å². The summed E-state index contributed by atoms with van der Waals surface area (Å²) in [5.74, 6) is 0.701. The van der Waals surface area contributed by atoms with E-state index in [0.717, 1.165) is 13.1 Å². The van der Waals surface area contributed by atoms with Crippen LogP contribution in [0.1, 0.15) is 18.4 Å². The zero-order valence-corrected chi connectivity index (χ0v) is 9.56. The first kappa shape index (κ1) is 10.6. The monoisotopic (exact) mass is 208 g/mol. The van der Waals surface area contributed by atoms with Crippen molar-refractivity contribution in [1.82, 2.24) is 14.7 Å². The molecular formula is C11H20N4. The molecule has 1 aliphatic rings. The van der Waals surface area contributed by atoms with Crippen LogP contribution in [0.4, 0.5) is 0 Å². The Hall–Kier alpha value is -0.870. The molecular weight excluding hydrogens is 188 g/mol. The lowest BCUT2D eigenvalue weighted by atomic mass is 9.78. The summed E-state index contributed by atoms with van der Waals surface area (Å²) in [6.07, 6.45) is 6.59. The molecule has 1 saturated carbocycles. The van der Waals surface area contributed by atoms with Gasteiger partial charge in [0.1, 0.15) is 0 Å². The second kappa shape index (κ2) is 4.33. The molecule has 0 amide bonds. The molecule has 0 aromatic carbocycles. The maximum atomic E-state index is 5.72. The van der Waals surface area contributed by atoms with Crippen LogP contribution in [0, 0.1) is 5.92 Å². The Bertz CT molecular complexity index is 318. The zero-order chi connectivity index (χ0) is 10.8. The minimum Gasteiger partial charge on any atom is -0.330 e. The fourth-order valence-electron chi connectivity index (χ4n) is 2.37. The largest absolute Gasteiger partial charge is 0.330 e. The quantitative estimate of drug-likeness (QED) is 0.787. The number of aromatic nitrogens is 2. The first-order valence-corrected chi connectivity index (χ1v) is 5.58. The minimum absolute atomic E-state index is 0.676. The highest BCUT2D eigenvalue weighted by Gasteiger charge is 2.32. The molecule has 2 atom stereocenters. The summed E-state index contributed by atoms with van der Waals surface area (Å²) in [5, 5.41) is 4.18. The Balaban J connectivity index is 1.89. The topological polar surface area (TPSA) is 47.1 Å². The van der Waals surface area contributed by atoms with Gasteiger partial charge in [0, 0.05) is 31.4 Å². The standard InChI is InChI=1S/C11H20N4/c1-14(11-4-3-10(11)5-12)7-9-6-13-15(2)8-9/h6,8,10-11H,3-5,7,12H2,1-2H3. The molecule has 1 aliphatic carbocycles. The predicted octanol–water partition coefficient (Wildman–Crippen LogP) is 0.589. The van der Waals surface area contributed by atoms with Crippen molar-refractivity contribution in [3.05, 3.63) is 18.0 Å². The summed E-state index contributed by atoms with van der Waals surface area (Å²) < 4.78 is 1.85. The Morgan fingerprint density at radius 1 is 1.60 bits per heavy atom. The fraction of sp³-hybridized carbons (Fsp3) is 0.727. The number of hydrogen-bond donors (Lipinski definition) is 1. The smallest absolute Gasteiger partial charge is 0.0534 e. The normalized spacial score (nSPS) is 25.6. The highest BCUT2D eigenvalue weighted by Crippen LogP contribution is 2.31. The Morgan fingerprint density at radius 3 is 2.87 bits per heavy atom. The molecule has 84 valence electrons. The summed E-state index contributed by atoms with van der Waals surface area (Å²) >= 11 is 0. The molecule has 4 nitrogen and oxygen atoms in total. The number of hydrogen-bond acceptors (Lipinski definition) is 3. The molecule has 2 rings (SSSR count). The van der Waals surface area contributed by atoms with Gasteiger partial charge in [-0.05, 0) is 32.4 Å². The van der Waals surface area contributed by atoms with E-state index in [4.69, 9.17) is 5.73 Å². The van der Waals surface area contributed by atoms with Gasteiger partial charge in [0.2, 0.25) is 0 Å². The molecule has 0 radical (unpaired) electrons. The van der Waals surface area contributed by atoms with E-state index in [1.807, 2.05) is 17.9 Å². The van der Waals surface area contributed by atoms with Gasteiger partial charge in [-0.2, -0.15) is 5.10 Å². The maximum Gasteiger partial charge on any atom is 0.0534 e. The number of rotatable bonds is 4. The van der Waals surface area contributed by atoms with E-state index >= 15 is 0 Å². The highest BCUT2D eigenvalue weighted by atomic mass is 15.2. The molecule has 1 aromatic rings. The van der Waals surface area contributed by atoms with Crippen molar-refractivity contribution in [2.24, 2.45) is 18.7 Å². The second-order valence-electron chi connectivity index (χ2n) is 4.58. The van der Waals surface area contributed by atoms with Crippen molar-refractivity contribution in [2.75, 3.05) is 13.6 Å². The number of aryl methyl sites for hydroxylation is 1.